The molecule has 5 nitrogen and oxygen atoms in total. The summed E-state index contributed by atoms with van der Waals surface area (Å²) in [6.45, 7) is 2.49. The average molecular weight is 462 g/mol. The van der Waals surface area contributed by atoms with E-state index in [9.17, 15) is 14.0 Å². The van der Waals surface area contributed by atoms with Crippen molar-refractivity contribution in [2.75, 3.05) is 0 Å². The third-order valence-corrected chi connectivity index (χ3v) is 7.52. The van der Waals surface area contributed by atoms with Crippen LogP contribution in [0.5, 0.6) is 0 Å². The smallest absolute Gasteiger partial charge is 0.271 e. The normalized spacial score (nSPS) is 21.7. The molecule has 34 heavy (non-hydrogen) atoms. The van der Waals surface area contributed by atoms with Gasteiger partial charge in [0.1, 0.15) is 17.1 Å². The van der Waals surface area contributed by atoms with Crippen molar-refractivity contribution in [3.63, 3.8) is 0 Å². The van der Waals surface area contributed by atoms with E-state index in [1.165, 1.54) is 31.4 Å². The van der Waals surface area contributed by atoms with Gasteiger partial charge in [-0.1, -0.05) is 62.4 Å². The van der Waals surface area contributed by atoms with Crippen molar-refractivity contribution in [2.24, 2.45) is 0 Å². The van der Waals surface area contributed by atoms with E-state index < -0.39 is 5.54 Å². The Labute approximate surface area is 199 Å². The Bertz CT molecular complexity index is 1190. The summed E-state index contributed by atoms with van der Waals surface area (Å²) in [7, 11) is 0. The van der Waals surface area contributed by atoms with E-state index in [2.05, 4.69) is 5.32 Å². The van der Waals surface area contributed by atoms with Crippen molar-refractivity contribution in [3.05, 3.63) is 71.7 Å². The number of hydrogen-bond acceptors (Lipinski definition) is 2. The van der Waals surface area contributed by atoms with Crippen LogP contribution in [0.25, 0.3) is 10.9 Å². The predicted molar refractivity (Wildman–Crippen MR) is 131 cm³/mol. The van der Waals surface area contributed by atoms with Gasteiger partial charge < -0.3 is 14.8 Å². The molecule has 2 amide bonds. The lowest BCUT2D eigenvalue weighted by Gasteiger charge is -2.44. The minimum absolute atomic E-state index is 0.114. The second-order valence-electron chi connectivity index (χ2n) is 9.98. The van der Waals surface area contributed by atoms with E-state index in [-0.39, 0.29) is 30.2 Å². The number of nitrogens with zero attached hydrogens (tertiary/aromatic N) is 2. The van der Waals surface area contributed by atoms with Gasteiger partial charge in [-0.15, -0.1) is 0 Å². The molecular weight excluding hydrogens is 429 g/mol. The Morgan fingerprint density at radius 2 is 1.71 bits per heavy atom. The number of fused-ring (bicyclic) bond motifs is 3. The van der Waals surface area contributed by atoms with E-state index in [4.69, 9.17) is 0 Å². The zero-order chi connectivity index (χ0) is 23.7. The molecule has 1 aliphatic heterocycles. The van der Waals surface area contributed by atoms with Crippen molar-refractivity contribution in [1.29, 1.82) is 0 Å². The highest BCUT2D eigenvalue weighted by Crippen LogP contribution is 2.34. The monoisotopic (exact) mass is 461 g/mol. The van der Waals surface area contributed by atoms with E-state index in [0.29, 0.717) is 12.2 Å². The van der Waals surface area contributed by atoms with Crippen molar-refractivity contribution in [2.45, 2.75) is 76.5 Å². The zero-order valence-electron chi connectivity index (χ0n) is 19.7. The number of aromatic nitrogens is 1. The number of carbonyl (C=O) groups is 2. The number of benzene rings is 2. The lowest BCUT2D eigenvalue weighted by atomic mass is 9.91. The Morgan fingerprint density at radius 3 is 2.44 bits per heavy atom. The molecule has 6 heteroatoms. The van der Waals surface area contributed by atoms with Crippen LogP contribution < -0.4 is 5.32 Å². The summed E-state index contributed by atoms with van der Waals surface area (Å²) in [5, 5.41) is 4.29. The Morgan fingerprint density at radius 1 is 1.03 bits per heavy atom. The summed E-state index contributed by atoms with van der Waals surface area (Å²) in [4.78, 5) is 29.4. The van der Waals surface area contributed by atoms with Crippen LogP contribution in [-0.4, -0.2) is 32.9 Å². The molecule has 2 heterocycles. The van der Waals surface area contributed by atoms with Gasteiger partial charge in [-0.3, -0.25) is 9.59 Å². The third kappa shape index (κ3) is 4.22. The van der Waals surface area contributed by atoms with Gasteiger partial charge in [-0.05, 0) is 49.6 Å². The number of hydrogen-bond donors (Lipinski definition) is 1. The standard InChI is InChI=1S/C28H32FN3O2/c1-28(27(34)30-23-10-5-3-2-4-6-11-23)19-31-24-12-8-7-9-21(24)17-25(31)26(33)32(28)18-20-13-15-22(29)16-14-20/h7-9,12-17,23H,2-6,10-11,18-19H2,1H3,(H,30,34)/t28-/m0/s1. The molecule has 0 radical (unpaired) electrons. The molecule has 5 rings (SSSR count). The Kier molecular flexibility index (Phi) is 6.15. The van der Waals surface area contributed by atoms with Crippen LogP contribution in [0.4, 0.5) is 4.39 Å². The lowest BCUT2D eigenvalue weighted by Crippen LogP contribution is -2.64. The second kappa shape index (κ2) is 9.24. The predicted octanol–water partition coefficient (Wildman–Crippen LogP) is 5.42. The number of para-hydroxylation sites is 1. The molecule has 1 aliphatic carbocycles. The van der Waals surface area contributed by atoms with Crippen LogP contribution in [0.1, 0.15) is 67.9 Å². The topological polar surface area (TPSA) is 54.3 Å². The highest BCUT2D eigenvalue weighted by Gasteiger charge is 2.48. The summed E-state index contributed by atoms with van der Waals surface area (Å²) >= 11 is 0. The molecular formula is C28H32FN3O2. The highest BCUT2D eigenvalue weighted by molar-refractivity contribution is 6.03. The molecule has 0 bridgehead atoms. The second-order valence-corrected chi connectivity index (χ2v) is 9.98. The minimum Gasteiger partial charge on any atom is -0.351 e. The van der Waals surface area contributed by atoms with Crippen molar-refractivity contribution >= 4 is 22.7 Å². The van der Waals surface area contributed by atoms with Gasteiger partial charge in [0.25, 0.3) is 5.91 Å². The first-order valence-electron chi connectivity index (χ1n) is 12.4. The first-order valence-corrected chi connectivity index (χ1v) is 12.4. The van der Waals surface area contributed by atoms with Gasteiger partial charge in [0.2, 0.25) is 5.91 Å². The largest absolute Gasteiger partial charge is 0.351 e. The van der Waals surface area contributed by atoms with Crippen LogP contribution >= 0.6 is 0 Å². The van der Waals surface area contributed by atoms with Gasteiger partial charge in [0.05, 0.1) is 6.54 Å². The average Bonchev–Trinajstić information content (AvgIpc) is 3.18. The summed E-state index contributed by atoms with van der Waals surface area (Å²) in [6, 6.07) is 16.1. The number of halogens is 1. The maximum atomic E-state index is 13.9. The van der Waals surface area contributed by atoms with E-state index in [0.717, 1.165) is 42.1 Å². The summed E-state index contributed by atoms with van der Waals surface area (Å²) in [5.74, 6) is -0.613. The fourth-order valence-corrected chi connectivity index (χ4v) is 5.47. The highest BCUT2D eigenvalue weighted by atomic mass is 19.1. The van der Waals surface area contributed by atoms with E-state index in [1.54, 1.807) is 17.0 Å². The van der Waals surface area contributed by atoms with Crippen molar-refractivity contribution in [3.8, 4) is 0 Å². The molecule has 1 saturated carbocycles. The Balaban J connectivity index is 1.51. The summed E-state index contributed by atoms with van der Waals surface area (Å²) in [6.07, 6.45) is 7.87. The van der Waals surface area contributed by atoms with Crippen LogP contribution in [0.15, 0.2) is 54.6 Å². The quantitative estimate of drug-likeness (QED) is 0.564. The van der Waals surface area contributed by atoms with E-state index >= 15 is 0 Å². The molecule has 1 fully saturated rings. The lowest BCUT2D eigenvalue weighted by molar-refractivity contribution is -0.134. The number of rotatable bonds is 4. The molecule has 3 aromatic rings. The van der Waals surface area contributed by atoms with Gasteiger partial charge in [-0.25, -0.2) is 4.39 Å². The fraction of sp³-hybridized carbons (Fsp3) is 0.429. The zero-order valence-corrected chi connectivity index (χ0v) is 19.7. The summed E-state index contributed by atoms with van der Waals surface area (Å²) < 4.78 is 15.5. The maximum absolute atomic E-state index is 13.9. The molecule has 2 aromatic carbocycles. The van der Waals surface area contributed by atoms with Crippen LogP contribution in [-0.2, 0) is 17.9 Å². The van der Waals surface area contributed by atoms with Crippen molar-refractivity contribution in [1.82, 2.24) is 14.8 Å². The number of amides is 2. The molecule has 0 unspecified atom stereocenters. The number of carbonyl (C=O) groups excluding carboxylic acids is 2. The molecule has 0 saturated heterocycles. The molecule has 1 atom stereocenters. The molecule has 178 valence electrons. The molecule has 2 aliphatic rings. The van der Waals surface area contributed by atoms with Crippen LogP contribution in [0, 0.1) is 5.82 Å². The van der Waals surface area contributed by atoms with Crippen LogP contribution in [0.3, 0.4) is 0 Å². The summed E-state index contributed by atoms with van der Waals surface area (Å²) in [5.41, 5.74) is 1.27. The van der Waals surface area contributed by atoms with E-state index in [1.807, 2.05) is 41.8 Å². The van der Waals surface area contributed by atoms with Crippen LogP contribution in [0.2, 0.25) is 0 Å². The maximum Gasteiger partial charge on any atom is 0.271 e. The first kappa shape index (κ1) is 22.6. The molecule has 0 spiro atoms. The molecule has 1 N–H and O–H groups in total. The van der Waals surface area contributed by atoms with Gasteiger partial charge in [0.15, 0.2) is 0 Å². The van der Waals surface area contributed by atoms with Gasteiger partial charge in [-0.2, -0.15) is 0 Å². The Hall–Kier alpha value is -3.15. The minimum atomic E-state index is -1.07. The fourth-order valence-electron chi connectivity index (χ4n) is 5.47. The third-order valence-electron chi connectivity index (χ3n) is 7.52. The molecule has 1 aromatic heterocycles. The van der Waals surface area contributed by atoms with Gasteiger partial charge in [0, 0.05) is 23.5 Å². The van der Waals surface area contributed by atoms with Gasteiger partial charge >= 0.3 is 0 Å². The first-order chi connectivity index (χ1) is 16.5. The SMILES string of the molecule is C[C@@]1(C(=O)NC2CCCCCCC2)Cn2c(cc3ccccc32)C(=O)N1Cc1ccc(F)cc1. The van der Waals surface area contributed by atoms with Crippen molar-refractivity contribution < 1.29 is 14.0 Å². The number of nitrogens with one attached hydrogen (secondary N) is 1.